The molecule has 0 aliphatic carbocycles. The summed E-state index contributed by atoms with van der Waals surface area (Å²) in [6.45, 7) is 6.81. The Balaban J connectivity index is 2.36. The van der Waals surface area contributed by atoms with Crippen molar-refractivity contribution in [2.75, 3.05) is 20.4 Å². The second-order valence-electron chi connectivity index (χ2n) is 3.72. The van der Waals surface area contributed by atoms with Gasteiger partial charge in [0.1, 0.15) is 18.8 Å². The predicted octanol–water partition coefficient (Wildman–Crippen LogP) is 2.21. The number of ether oxygens (including phenoxy) is 1. The van der Waals surface area contributed by atoms with Crippen molar-refractivity contribution in [1.82, 2.24) is 9.80 Å². The fourth-order valence-corrected chi connectivity index (χ4v) is 1.27. The quantitative estimate of drug-likeness (QED) is 0.393. The Bertz CT molecular complexity index is 323. The van der Waals surface area contributed by atoms with E-state index in [0.717, 1.165) is 12.0 Å². The van der Waals surface area contributed by atoms with E-state index in [2.05, 4.69) is 11.8 Å². The summed E-state index contributed by atoms with van der Waals surface area (Å²) in [5.41, 5.74) is 1.10. The van der Waals surface area contributed by atoms with Gasteiger partial charge in [-0.05, 0) is 18.5 Å². The van der Waals surface area contributed by atoms with Crippen LogP contribution in [0.4, 0.5) is 0 Å². The number of nitrogens with zero attached hydrogens (tertiary/aromatic N) is 3. The Morgan fingerprint density at radius 3 is 3.00 bits per heavy atom. The van der Waals surface area contributed by atoms with Crippen LogP contribution >= 0.6 is 0 Å². The molecule has 0 unspecified atom stereocenters. The minimum absolute atomic E-state index is 0.412. The molecule has 0 amide bonds. The van der Waals surface area contributed by atoms with E-state index in [1.54, 1.807) is 0 Å². The average molecular weight is 223 g/mol. The van der Waals surface area contributed by atoms with Crippen LogP contribution in [0.15, 0.2) is 41.7 Å². The molecule has 0 aromatic carbocycles. The fourth-order valence-electron chi connectivity index (χ4n) is 1.27. The Hall–Kier alpha value is -1.62. The van der Waals surface area contributed by atoms with Crippen LogP contribution in [0.1, 0.15) is 13.3 Å². The van der Waals surface area contributed by atoms with Gasteiger partial charge in [-0.2, -0.15) is 0 Å². The average Bonchev–Trinajstić information content (AvgIpc) is 2.56. The van der Waals surface area contributed by atoms with E-state index in [4.69, 9.17) is 4.74 Å². The van der Waals surface area contributed by atoms with Gasteiger partial charge in [0.2, 0.25) is 0 Å². The summed E-state index contributed by atoms with van der Waals surface area (Å²) < 4.78 is 5.46. The van der Waals surface area contributed by atoms with Gasteiger partial charge in [0.15, 0.2) is 0 Å². The Kier molecular flexibility index (Phi) is 4.72. The minimum atomic E-state index is 0.412. The molecule has 0 atom stereocenters. The van der Waals surface area contributed by atoms with E-state index >= 15 is 0 Å². The van der Waals surface area contributed by atoms with Crippen LogP contribution in [0.25, 0.3) is 0 Å². The largest absolute Gasteiger partial charge is 0.360 e. The summed E-state index contributed by atoms with van der Waals surface area (Å²) in [5.74, 6) is 0.713. The van der Waals surface area contributed by atoms with Crippen LogP contribution in [-0.4, -0.2) is 30.2 Å². The predicted molar refractivity (Wildman–Crippen MR) is 62.9 cm³/mol. The molecule has 88 valence electrons. The molecule has 0 bridgehead atoms. The first-order valence-electron chi connectivity index (χ1n) is 5.07. The smallest absolute Gasteiger partial charge is 0.136 e. The number of nitroso groups, excluding NO2 is 1. The second kappa shape index (κ2) is 6.07. The molecular formula is C11H17N3O2. The molecule has 0 radical (unpaired) electrons. The van der Waals surface area contributed by atoms with Gasteiger partial charge in [0.25, 0.3) is 0 Å². The molecule has 1 aliphatic rings. The van der Waals surface area contributed by atoms with Crippen molar-refractivity contribution in [1.29, 1.82) is 0 Å². The van der Waals surface area contributed by atoms with Crippen LogP contribution in [0.3, 0.4) is 0 Å². The number of hydrogen-bond donors (Lipinski definition) is 0. The zero-order valence-electron chi connectivity index (χ0n) is 9.72. The van der Waals surface area contributed by atoms with Crippen molar-refractivity contribution >= 4 is 0 Å². The molecule has 0 aromatic rings. The molecule has 1 aliphatic heterocycles. The Morgan fingerprint density at radius 2 is 2.38 bits per heavy atom. The number of rotatable bonds is 6. The molecule has 1 rings (SSSR count). The summed E-state index contributed by atoms with van der Waals surface area (Å²) >= 11 is 0. The molecule has 0 N–H and O–H groups in total. The van der Waals surface area contributed by atoms with E-state index in [1.807, 2.05) is 36.2 Å². The molecular weight excluding hydrogens is 206 g/mol. The lowest BCUT2D eigenvalue weighted by Gasteiger charge is -2.20. The van der Waals surface area contributed by atoms with Crippen molar-refractivity contribution in [2.45, 2.75) is 13.3 Å². The third-order valence-electron chi connectivity index (χ3n) is 2.20. The van der Waals surface area contributed by atoms with Gasteiger partial charge in [-0.1, -0.05) is 5.57 Å². The summed E-state index contributed by atoms with van der Waals surface area (Å²) in [4.78, 5) is 13.8. The highest BCUT2D eigenvalue weighted by atomic mass is 16.5. The molecule has 0 fully saturated rings. The van der Waals surface area contributed by atoms with E-state index in [-0.39, 0.29) is 0 Å². The van der Waals surface area contributed by atoms with Crippen molar-refractivity contribution in [3.63, 3.8) is 0 Å². The van der Waals surface area contributed by atoms with Crippen LogP contribution in [0.5, 0.6) is 0 Å². The van der Waals surface area contributed by atoms with Gasteiger partial charge in [-0.25, -0.2) is 0 Å². The Morgan fingerprint density at radius 1 is 1.62 bits per heavy atom. The summed E-state index contributed by atoms with van der Waals surface area (Å²) in [7, 11) is 1.85. The third-order valence-corrected chi connectivity index (χ3v) is 2.20. The van der Waals surface area contributed by atoms with Crippen LogP contribution in [0.2, 0.25) is 0 Å². The maximum atomic E-state index is 10.2. The molecule has 5 nitrogen and oxygen atoms in total. The lowest BCUT2D eigenvalue weighted by atomic mass is 10.3. The van der Waals surface area contributed by atoms with Gasteiger partial charge >= 0.3 is 0 Å². The standard InChI is InChI=1S/C11H17N3O2/c1-10(2)4-7-16-9-14-6-5-13(3)11(14)8-12-15/h5-6,8H,1,4,7,9H2,2-3H3/b11-8+. The van der Waals surface area contributed by atoms with Gasteiger partial charge < -0.3 is 14.5 Å². The van der Waals surface area contributed by atoms with Gasteiger partial charge in [0.05, 0.1) is 6.61 Å². The lowest BCUT2D eigenvalue weighted by molar-refractivity contribution is 0.0675. The summed E-state index contributed by atoms with van der Waals surface area (Å²) in [6, 6.07) is 0. The van der Waals surface area contributed by atoms with Gasteiger partial charge in [-0.15, -0.1) is 11.5 Å². The lowest BCUT2D eigenvalue weighted by Crippen LogP contribution is -2.23. The first-order chi connectivity index (χ1) is 7.65. The highest BCUT2D eigenvalue weighted by Crippen LogP contribution is 2.17. The van der Waals surface area contributed by atoms with Gasteiger partial charge in [0, 0.05) is 19.4 Å². The van der Waals surface area contributed by atoms with E-state index in [1.165, 1.54) is 6.20 Å². The highest BCUT2D eigenvalue weighted by Gasteiger charge is 2.16. The number of hydrogen-bond acceptors (Lipinski definition) is 5. The highest BCUT2D eigenvalue weighted by molar-refractivity contribution is 5.12. The van der Waals surface area contributed by atoms with Gasteiger partial charge in [-0.3, -0.25) is 0 Å². The molecule has 0 saturated heterocycles. The zero-order valence-corrected chi connectivity index (χ0v) is 9.72. The normalized spacial score (nSPS) is 17.2. The topological polar surface area (TPSA) is 45.1 Å². The van der Waals surface area contributed by atoms with E-state index in [9.17, 15) is 4.91 Å². The first kappa shape index (κ1) is 12.4. The molecule has 16 heavy (non-hydrogen) atoms. The first-order valence-corrected chi connectivity index (χ1v) is 5.07. The molecule has 5 heteroatoms. The SMILES string of the molecule is C=C(C)CCOCN1C=CN(C)/C1=C\N=O. The minimum Gasteiger partial charge on any atom is -0.360 e. The molecule has 0 spiro atoms. The van der Waals surface area contributed by atoms with Crippen LogP contribution in [-0.2, 0) is 4.74 Å². The van der Waals surface area contributed by atoms with Crippen LogP contribution < -0.4 is 0 Å². The third kappa shape index (κ3) is 3.51. The van der Waals surface area contributed by atoms with E-state index in [0.29, 0.717) is 19.2 Å². The van der Waals surface area contributed by atoms with E-state index < -0.39 is 0 Å². The molecule has 0 saturated carbocycles. The fraction of sp³-hybridized carbons (Fsp3) is 0.455. The molecule has 0 aromatic heterocycles. The van der Waals surface area contributed by atoms with Crippen molar-refractivity contribution in [3.8, 4) is 0 Å². The van der Waals surface area contributed by atoms with Crippen molar-refractivity contribution < 1.29 is 4.74 Å². The molecule has 1 heterocycles. The monoisotopic (exact) mass is 223 g/mol. The Labute approximate surface area is 95.6 Å². The maximum Gasteiger partial charge on any atom is 0.136 e. The maximum absolute atomic E-state index is 10.2. The van der Waals surface area contributed by atoms with Crippen molar-refractivity contribution in [3.05, 3.63) is 41.5 Å². The zero-order chi connectivity index (χ0) is 12.0. The summed E-state index contributed by atoms with van der Waals surface area (Å²) in [5, 5.41) is 2.77. The summed E-state index contributed by atoms with van der Waals surface area (Å²) in [6.07, 6.45) is 5.80. The van der Waals surface area contributed by atoms with Crippen LogP contribution in [0, 0.1) is 4.91 Å². The second-order valence-corrected chi connectivity index (χ2v) is 3.72. The van der Waals surface area contributed by atoms with Crippen molar-refractivity contribution in [2.24, 2.45) is 5.18 Å².